The number of piperidine rings is 1. The van der Waals surface area contributed by atoms with Gasteiger partial charge in [0, 0.05) is 36.8 Å². The van der Waals surface area contributed by atoms with Gasteiger partial charge < -0.3 is 34.6 Å². The first-order valence-corrected chi connectivity index (χ1v) is 24.8. The zero-order chi connectivity index (χ0) is 51.6. The summed E-state index contributed by atoms with van der Waals surface area (Å²) >= 11 is 0. The maximum atomic E-state index is 15.4. The molecule has 72 heavy (non-hydrogen) atoms. The molecule has 2 saturated heterocycles. The Morgan fingerprint density at radius 1 is 0.417 bits per heavy atom. The third kappa shape index (κ3) is 13.2. The normalized spacial score (nSPS) is 19.3. The number of hydrogen-bond donors (Lipinski definition) is 1. The average molecular weight is 976 g/mol. The van der Waals surface area contributed by atoms with Crippen molar-refractivity contribution in [3.63, 3.8) is 0 Å². The Hall–Kier alpha value is -7.16. The molecular weight excluding hydrogens is 907 g/mol. The summed E-state index contributed by atoms with van der Waals surface area (Å²) in [5, 5.41) is 12.7. The molecule has 14 nitrogen and oxygen atoms in total. The Labute approximate surface area is 424 Å². The van der Waals surface area contributed by atoms with Gasteiger partial charge in [0.05, 0.1) is 12.1 Å². The summed E-state index contributed by atoms with van der Waals surface area (Å²) in [5.41, 5.74) is 2.10. The second kappa shape index (κ2) is 23.4. The minimum atomic E-state index is -0.829. The molecule has 6 amide bonds. The molecule has 0 aromatic heterocycles. The monoisotopic (exact) mass is 976 g/mol. The fourth-order valence-corrected chi connectivity index (χ4v) is 10.2. The Bertz CT molecular complexity index is 2540. The van der Waals surface area contributed by atoms with E-state index in [4.69, 9.17) is 0 Å². The van der Waals surface area contributed by atoms with E-state index in [1.807, 2.05) is 193 Å². The molecule has 7 rings (SSSR count). The van der Waals surface area contributed by atoms with Crippen LogP contribution >= 0.6 is 0 Å². The molecule has 1 N–H and O–H groups in total. The molecule has 14 heteroatoms. The van der Waals surface area contributed by atoms with Crippen molar-refractivity contribution in [3.05, 3.63) is 179 Å². The zero-order valence-electron chi connectivity index (χ0n) is 42.5. The highest BCUT2D eigenvalue weighted by Gasteiger charge is 2.48. The molecule has 0 aliphatic carbocycles. The standard InChI is InChI=1S/C58H69N7O7/c1-43(48-28-18-10-19-29-48)62-40-51(66)59(34-45-22-12-7-13-23-45)37-54(69)63(44(2)49-30-20-11-21-31-49)41-52(67)61(36-47-26-16-9-17-27-47)39-56(71)64(50-32-57(3,4)65(72)58(5,6)33-50)42-53(68)60(38-55(62)70)35-46-24-14-8-15-25-46/h7-31,43-44,50,72H,32-42H2,1-6H3/t43-,44-/m0/s1. The van der Waals surface area contributed by atoms with Crippen LogP contribution in [0.5, 0.6) is 0 Å². The van der Waals surface area contributed by atoms with Crippen LogP contribution in [0.4, 0.5) is 0 Å². The van der Waals surface area contributed by atoms with Crippen molar-refractivity contribution in [1.29, 1.82) is 0 Å². The maximum absolute atomic E-state index is 15.4. The number of nitrogens with zero attached hydrogens (tertiary/aromatic N) is 7. The van der Waals surface area contributed by atoms with Crippen LogP contribution in [0.1, 0.15) is 94.3 Å². The van der Waals surface area contributed by atoms with Gasteiger partial charge in [-0.1, -0.05) is 152 Å². The van der Waals surface area contributed by atoms with Gasteiger partial charge in [-0.3, -0.25) is 28.8 Å². The fraction of sp³-hybridized carbons (Fsp3) is 0.379. The van der Waals surface area contributed by atoms with E-state index in [-0.39, 0.29) is 32.5 Å². The molecule has 0 radical (unpaired) electrons. The lowest BCUT2D eigenvalue weighted by atomic mass is 9.78. The quantitative estimate of drug-likeness (QED) is 0.143. The van der Waals surface area contributed by atoms with Crippen LogP contribution in [0, 0.1) is 0 Å². The molecule has 0 spiro atoms. The summed E-state index contributed by atoms with van der Waals surface area (Å²) in [7, 11) is 0. The number of carbonyl (C=O) groups is 6. The van der Waals surface area contributed by atoms with E-state index in [2.05, 4.69) is 0 Å². The summed E-state index contributed by atoms with van der Waals surface area (Å²) < 4.78 is 0. The third-order valence-corrected chi connectivity index (χ3v) is 14.1. The molecular formula is C58H69N7O7. The third-order valence-electron chi connectivity index (χ3n) is 14.1. The van der Waals surface area contributed by atoms with Crippen molar-refractivity contribution in [2.24, 2.45) is 0 Å². The molecule has 2 atom stereocenters. The molecule has 5 aromatic rings. The van der Waals surface area contributed by atoms with Gasteiger partial charge in [0.25, 0.3) is 0 Å². The highest BCUT2D eigenvalue weighted by Crippen LogP contribution is 2.39. The van der Waals surface area contributed by atoms with E-state index < -0.39 is 104 Å². The van der Waals surface area contributed by atoms with E-state index in [0.29, 0.717) is 0 Å². The van der Waals surface area contributed by atoms with Crippen molar-refractivity contribution in [1.82, 2.24) is 34.5 Å². The van der Waals surface area contributed by atoms with Crippen LogP contribution in [0.3, 0.4) is 0 Å². The lowest BCUT2D eigenvalue weighted by molar-refractivity contribution is -0.251. The van der Waals surface area contributed by atoms with Crippen molar-refractivity contribution < 1.29 is 34.0 Å². The molecule has 0 unspecified atom stereocenters. The SMILES string of the molecule is C[C@@H](c1ccccc1)N1CC(=O)N(Cc2ccccc2)CC(=O)N([C@@H](C)c2ccccc2)CC(=O)N(Cc2ccccc2)CC(=O)N(C2CC(C)(C)N(O)C(C)(C)C2)CC(=O)N(Cc2ccccc2)CC1=O. The lowest BCUT2D eigenvalue weighted by Crippen LogP contribution is -2.64. The highest BCUT2D eigenvalue weighted by atomic mass is 16.5. The molecule has 0 bridgehead atoms. The smallest absolute Gasteiger partial charge is 0.243 e. The van der Waals surface area contributed by atoms with E-state index in [9.17, 15) is 5.21 Å². The van der Waals surface area contributed by atoms with E-state index in [0.717, 1.165) is 27.8 Å². The van der Waals surface area contributed by atoms with Gasteiger partial charge >= 0.3 is 0 Å². The van der Waals surface area contributed by atoms with Gasteiger partial charge in [0.2, 0.25) is 35.4 Å². The first kappa shape index (κ1) is 52.7. The van der Waals surface area contributed by atoms with Crippen molar-refractivity contribution in [3.8, 4) is 0 Å². The topological polar surface area (TPSA) is 145 Å². The number of carbonyl (C=O) groups excluding carboxylic acids is 6. The van der Waals surface area contributed by atoms with Crippen molar-refractivity contribution in [2.45, 2.75) is 103 Å². The summed E-state index contributed by atoms with van der Waals surface area (Å²) in [6, 6.07) is 44.5. The van der Waals surface area contributed by atoms with E-state index in [1.54, 1.807) is 0 Å². The molecule has 2 heterocycles. The van der Waals surface area contributed by atoms with Crippen molar-refractivity contribution >= 4 is 35.4 Å². The van der Waals surface area contributed by atoms with Gasteiger partial charge in [-0.2, -0.15) is 5.06 Å². The molecule has 2 fully saturated rings. The lowest BCUT2D eigenvalue weighted by Gasteiger charge is -2.53. The Morgan fingerprint density at radius 2 is 0.708 bits per heavy atom. The summed E-state index contributed by atoms with van der Waals surface area (Å²) in [5.74, 6) is -3.05. The molecule has 0 saturated carbocycles. The van der Waals surface area contributed by atoms with Crippen molar-refractivity contribution in [2.75, 3.05) is 39.3 Å². The molecule has 5 aromatic carbocycles. The molecule has 2 aliphatic heterocycles. The van der Waals surface area contributed by atoms with E-state index in [1.165, 1.54) is 34.5 Å². The number of rotatable bonds is 11. The first-order chi connectivity index (χ1) is 34.4. The number of benzene rings is 5. The number of hydroxylamine groups is 2. The first-order valence-electron chi connectivity index (χ1n) is 24.8. The van der Waals surface area contributed by atoms with Crippen LogP contribution in [0.2, 0.25) is 0 Å². The van der Waals surface area contributed by atoms with Crippen LogP contribution in [0.15, 0.2) is 152 Å². The fourth-order valence-electron chi connectivity index (χ4n) is 10.2. The maximum Gasteiger partial charge on any atom is 0.243 e. The highest BCUT2D eigenvalue weighted by molar-refractivity contribution is 5.94. The van der Waals surface area contributed by atoms with Crippen LogP contribution in [-0.4, -0.2) is 132 Å². The molecule has 378 valence electrons. The summed E-state index contributed by atoms with van der Waals surface area (Å²) in [6.45, 7) is 8.61. The van der Waals surface area contributed by atoms with Gasteiger partial charge in [-0.15, -0.1) is 0 Å². The Balaban J connectivity index is 1.37. The predicted molar refractivity (Wildman–Crippen MR) is 275 cm³/mol. The summed E-state index contributed by atoms with van der Waals surface area (Å²) in [4.78, 5) is 99.8. The van der Waals surface area contributed by atoms with Crippen LogP contribution in [0.25, 0.3) is 0 Å². The van der Waals surface area contributed by atoms with Crippen LogP contribution < -0.4 is 0 Å². The minimum Gasteiger partial charge on any atom is -0.329 e. The second-order valence-corrected chi connectivity index (χ2v) is 20.4. The molecule has 2 aliphatic rings. The summed E-state index contributed by atoms with van der Waals surface area (Å²) in [6.07, 6.45) is 0.577. The Morgan fingerprint density at radius 3 is 1.04 bits per heavy atom. The Kier molecular flexibility index (Phi) is 17.1. The predicted octanol–water partition coefficient (Wildman–Crippen LogP) is 7.51. The average Bonchev–Trinajstić information content (AvgIpc) is 3.37. The van der Waals surface area contributed by atoms with E-state index >= 15 is 28.8 Å². The van der Waals surface area contributed by atoms with Gasteiger partial charge in [-0.05, 0) is 82.2 Å². The van der Waals surface area contributed by atoms with Gasteiger partial charge in [-0.25, -0.2) is 0 Å². The van der Waals surface area contributed by atoms with Gasteiger partial charge in [0.15, 0.2) is 0 Å². The van der Waals surface area contributed by atoms with Crippen LogP contribution in [-0.2, 0) is 48.4 Å². The number of amides is 6. The second-order valence-electron chi connectivity index (χ2n) is 20.4. The minimum absolute atomic E-state index is 0.0176. The number of hydrogen-bond acceptors (Lipinski definition) is 8. The largest absolute Gasteiger partial charge is 0.329 e. The van der Waals surface area contributed by atoms with Gasteiger partial charge in [0.1, 0.15) is 39.3 Å². The zero-order valence-corrected chi connectivity index (χ0v) is 42.5.